The SMILES string of the molecule is O=COCCCCCc1ccc(-c2ccccc2)cc1. The molecule has 104 valence electrons. The summed E-state index contributed by atoms with van der Waals surface area (Å²) in [5, 5.41) is 0. The molecule has 20 heavy (non-hydrogen) atoms. The van der Waals surface area contributed by atoms with Crippen molar-refractivity contribution in [2.24, 2.45) is 0 Å². The van der Waals surface area contributed by atoms with Gasteiger partial charge in [-0.3, -0.25) is 4.79 Å². The van der Waals surface area contributed by atoms with Gasteiger partial charge in [-0.15, -0.1) is 0 Å². The monoisotopic (exact) mass is 268 g/mol. The highest BCUT2D eigenvalue weighted by molar-refractivity contribution is 5.63. The van der Waals surface area contributed by atoms with E-state index in [0.29, 0.717) is 13.1 Å². The normalized spacial score (nSPS) is 10.2. The van der Waals surface area contributed by atoms with Crippen molar-refractivity contribution >= 4 is 6.47 Å². The van der Waals surface area contributed by atoms with Gasteiger partial charge in [0, 0.05) is 0 Å². The average molecular weight is 268 g/mol. The summed E-state index contributed by atoms with van der Waals surface area (Å²) >= 11 is 0. The molecule has 0 unspecified atom stereocenters. The first-order chi connectivity index (χ1) is 9.90. The molecule has 2 heteroatoms. The fourth-order valence-corrected chi connectivity index (χ4v) is 2.23. The number of unbranched alkanes of at least 4 members (excludes halogenated alkanes) is 2. The van der Waals surface area contributed by atoms with E-state index in [1.165, 1.54) is 16.7 Å². The molecule has 2 aromatic rings. The standard InChI is InChI=1S/C18H20O2/c19-15-20-14-6-2-3-7-16-10-12-18(13-11-16)17-8-4-1-5-9-17/h1,4-5,8-13,15H,2-3,6-7,14H2. The molecule has 2 nitrogen and oxygen atoms in total. The van der Waals surface area contributed by atoms with Gasteiger partial charge in [0.05, 0.1) is 6.61 Å². The van der Waals surface area contributed by atoms with Crippen molar-refractivity contribution in [2.45, 2.75) is 25.7 Å². The lowest BCUT2D eigenvalue weighted by Gasteiger charge is -2.05. The molecule has 0 N–H and O–H groups in total. The van der Waals surface area contributed by atoms with Crippen LogP contribution in [0.2, 0.25) is 0 Å². The molecule has 0 amide bonds. The number of benzene rings is 2. The van der Waals surface area contributed by atoms with Gasteiger partial charge < -0.3 is 4.74 Å². The smallest absolute Gasteiger partial charge is 0.293 e. The van der Waals surface area contributed by atoms with Crippen LogP contribution in [0.4, 0.5) is 0 Å². The van der Waals surface area contributed by atoms with Crippen LogP contribution in [0.3, 0.4) is 0 Å². The molecule has 0 radical (unpaired) electrons. The fourth-order valence-electron chi connectivity index (χ4n) is 2.23. The Morgan fingerprint density at radius 3 is 2.20 bits per heavy atom. The summed E-state index contributed by atoms with van der Waals surface area (Å²) < 4.78 is 4.67. The quantitative estimate of drug-likeness (QED) is 0.529. The minimum absolute atomic E-state index is 0.516. The lowest BCUT2D eigenvalue weighted by molar-refractivity contribution is -0.128. The lowest BCUT2D eigenvalue weighted by Crippen LogP contribution is -1.92. The van der Waals surface area contributed by atoms with E-state index in [1.807, 2.05) is 6.07 Å². The van der Waals surface area contributed by atoms with Crippen molar-refractivity contribution in [3.63, 3.8) is 0 Å². The van der Waals surface area contributed by atoms with Crippen molar-refractivity contribution in [3.05, 3.63) is 60.2 Å². The van der Waals surface area contributed by atoms with Gasteiger partial charge in [0.15, 0.2) is 0 Å². The molecule has 0 aliphatic carbocycles. The van der Waals surface area contributed by atoms with Gasteiger partial charge in [0.25, 0.3) is 6.47 Å². The number of rotatable bonds is 8. The van der Waals surface area contributed by atoms with Crippen LogP contribution in [0.5, 0.6) is 0 Å². The fraction of sp³-hybridized carbons (Fsp3) is 0.278. The van der Waals surface area contributed by atoms with Crippen molar-refractivity contribution in [2.75, 3.05) is 6.61 Å². The van der Waals surface area contributed by atoms with E-state index in [-0.39, 0.29) is 0 Å². The van der Waals surface area contributed by atoms with Crippen molar-refractivity contribution in [1.29, 1.82) is 0 Å². The zero-order valence-electron chi connectivity index (χ0n) is 11.6. The third-order valence-corrected chi connectivity index (χ3v) is 3.36. The Balaban J connectivity index is 1.79. The average Bonchev–Trinajstić information content (AvgIpc) is 2.52. The third-order valence-electron chi connectivity index (χ3n) is 3.36. The lowest BCUT2D eigenvalue weighted by atomic mass is 10.0. The molecule has 0 aromatic heterocycles. The summed E-state index contributed by atoms with van der Waals surface area (Å²) in [4.78, 5) is 9.99. The van der Waals surface area contributed by atoms with Crippen LogP contribution in [0, 0.1) is 0 Å². The van der Waals surface area contributed by atoms with E-state index in [4.69, 9.17) is 0 Å². The molecular weight excluding hydrogens is 248 g/mol. The Morgan fingerprint density at radius 1 is 0.800 bits per heavy atom. The van der Waals surface area contributed by atoms with Gasteiger partial charge in [-0.05, 0) is 42.4 Å². The van der Waals surface area contributed by atoms with Gasteiger partial charge in [-0.2, -0.15) is 0 Å². The molecule has 0 saturated carbocycles. The van der Waals surface area contributed by atoms with Crippen LogP contribution in [0.25, 0.3) is 11.1 Å². The first kappa shape index (κ1) is 14.3. The molecule has 0 saturated heterocycles. The minimum atomic E-state index is 0.516. The maximum atomic E-state index is 9.99. The maximum Gasteiger partial charge on any atom is 0.293 e. The van der Waals surface area contributed by atoms with Gasteiger partial charge >= 0.3 is 0 Å². The highest BCUT2D eigenvalue weighted by Gasteiger charge is 1.98. The number of aryl methyl sites for hydroxylation is 1. The molecule has 0 aliphatic rings. The summed E-state index contributed by atoms with van der Waals surface area (Å²) in [5.41, 5.74) is 3.87. The molecule has 0 spiro atoms. The largest absolute Gasteiger partial charge is 0.468 e. The Labute approximate surface area is 120 Å². The Morgan fingerprint density at radius 2 is 1.50 bits per heavy atom. The van der Waals surface area contributed by atoms with Crippen LogP contribution in [0.15, 0.2) is 54.6 Å². The van der Waals surface area contributed by atoms with Crippen LogP contribution in [-0.2, 0) is 16.0 Å². The molecule has 0 fully saturated rings. The first-order valence-electron chi connectivity index (χ1n) is 7.10. The van der Waals surface area contributed by atoms with Crippen molar-refractivity contribution in [3.8, 4) is 11.1 Å². The number of carbonyl (C=O) groups excluding carboxylic acids is 1. The number of hydrogen-bond donors (Lipinski definition) is 0. The molecule has 0 aliphatic heterocycles. The first-order valence-corrected chi connectivity index (χ1v) is 7.10. The summed E-state index contributed by atoms with van der Waals surface area (Å²) in [6.45, 7) is 1.05. The van der Waals surface area contributed by atoms with E-state index < -0.39 is 0 Å². The van der Waals surface area contributed by atoms with E-state index in [1.54, 1.807) is 0 Å². The Bertz CT molecular complexity index is 503. The summed E-state index contributed by atoms with van der Waals surface area (Å²) in [6.07, 6.45) is 4.25. The molecule has 0 heterocycles. The highest BCUT2D eigenvalue weighted by Crippen LogP contribution is 2.19. The predicted molar refractivity (Wildman–Crippen MR) is 81.4 cm³/mol. The highest BCUT2D eigenvalue weighted by atomic mass is 16.5. The Kier molecular flexibility index (Phi) is 5.84. The molecular formula is C18H20O2. The third kappa shape index (κ3) is 4.54. The zero-order valence-corrected chi connectivity index (χ0v) is 11.6. The van der Waals surface area contributed by atoms with Gasteiger partial charge in [-0.1, -0.05) is 54.6 Å². The molecule has 2 aromatic carbocycles. The summed E-state index contributed by atoms with van der Waals surface area (Å²) in [5.74, 6) is 0. The Hall–Kier alpha value is -2.09. The molecule has 0 atom stereocenters. The van der Waals surface area contributed by atoms with E-state index in [0.717, 1.165) is 25.7 Å². The minimum Gasteiger partial charge on any atom is -0.468 e. The summed E-state index contributed by atoms with van der Waals surface area (Å²) in [6, 6.07) is 19.2. The number of carbonyl (C=O) groups is 1. The zero-order chi connectivity index (χ0) is 14.0. The van der Waals surface area contributed by atoms with Crippen LogP contribution in [-0.4, -0.2) is 13.1 Å². The second kappa shape index (κ2) is 8.16. The predicted octanol–water partition coefficient (Wildman–Crippen LogP) is 4.24. The summed E-state index contributed by atoms with van der Waals surface area (Å²) in [7, 11) is 0. The molecule has 0 bridgehead atoms. The maximum absolute atomic E-state index is 9.99. The number of hydrogen-bond acceptors (Lipinski definition) is 2. The number of ether oxygens (including phenoxy) is 1. The van der Waals surface area contributed by atoms with E-state index in [9.17, 15) is 4.79 Å². The topological polar surface area (TPSA) is 26.3 Å². The van der Waals surface area contributed by atoms with Crippen LogP contribution >= 0.6 is 0 Å². The van der Waals surface area contributed by atoms with Crippen LogP contribution < -0.4 is 0 Å². The van der Waals surface area contributed by atoms with E-state index in [2.05, 4.69) is 53.3 Å². The second-order valence-corrected chi connectivity index (χ2v) is 4.84. The van der Waals surface area contributed by atoms with Crippen LogP contribution in [0.1, 0.15) is 24.8 Å². The van der Waals surface area contributed by atoms with Gasteiger partial charge in [0.1, 0.15) is 0 Å². The molecule has 2 rings (SSSR count). The van der Waals surface area contributed by atoms with E-state index >= 15 is 0 Å². The van der Waals surface area contributed by atoms with Crippen molar-refractivity contribution in [1.82, 2.24) is 0 Å². The second-order valence-electron chi connectivity index (χ2n) is 4.84. The van der Waals surface area contributed by atoms with Gasteiger partial charge in [0.2, 0.25) is 0 Å². The van der Waals surface area contributed by atoms with Gasteiger partial charge in [-0.25, -0.2) is 0 Å². The van der Waals surface area contributed by atoms with Crippen molar-refractivity contribution < 1.29 is 9.53 Å².